The molecule has 1 aliphatic heterocycles. The highest BCUT2D eigenvalue weighted by Gasteiger charge is 2.29. The molecule has 0 spiro atoms. The zero-order chi connectivity index (χ0) is 20.4. The number of amides is 2. The van der Waals surface area contributed by atoms with E-state index in [9.17, 15) is 9.59 Å². The van der Waals surface area contributed by atoms with Crippen LogP contribution in [0, 0.1) is 5.92 Å². The van der Waals surface area contributed by atoms with Crippen molar-refractivity contribution in [2.75, 3.05) is 6.54 Å². The number of hydrogen-bond acceptors (Lipinski definition) is 2. The van der Waals surface area contributed by atoms with Gasteiger partial charge in [-0.2, -0.15) is 0 Å². The van der Waals surface area contributed by atoms with Gasteiger partial charge in [-0.05, 0) is 29.2 Å². The fraction of sp³-hybridized carbons (Fsp3) is 0.333. The van der Waals surface area contributed by atoms with Crippen molar-refractivity contribution in [1.29, 1.82) is 0 Å². The molecule has 0 saturated carbocycles. The summed E-state index contributed by atoms with van der Waals surface area (Å²) < 4.78 is 0. The number of hydrogen-bond donors (Lipinski definition) is 2. The third-order valence-corrected chi connectivity index (χ3v) is 5.68. The normalized spacial score (nSPS) is 14.7. The molecule has 5 heteroatoms. The lowest BCUT2D eigenvalue weighted by Crippen LogP contribution is -2.51. The Bertz CT molecular complexity index is 1040. The van der Waals surface area contributed by atoms with Crippen molar-refractivity contribution in [3.8, 4) is 0 Å². The lowest BCUT2D eigenvalue weighted by atomic mass is 9.98. The summed E-state index contributed by atoms with van der Waals surface area (Å²) in [6.07, 6.45) is 3.26. The van der Waals surface area contributed by atoms with E-state index in [0.717, 1.165) is 22.9 Å². The second-order valence-electron chi connectivity index (χ2n) is 8.06. The van der Waals surface area contributed by atoms with Crippen molar-refractivity contribution in [1.82, 2.24) is 15.2 Å². The quantitative estimate of drug-likeness (QED) is 0.702. The fourth-order valence-electron chi connectivity index (χ4n) is 3.96. The summed E-state index contributed by atoms with van der Waals surface area (Å²) in [6.45, 7) is 4.97. The minimum Gasteiger partial charge on any atom is -0.361 e. The Kier molecular flexibility index (Phi) is 5.38. The van der Waals surface area contributed by atoms with Gasteiger partial charge in [0.15, 0.2) is 0 Å². The van der Waals surface area contributed by atoms with Gasteiger partial charge in [-0.3, -0.25) is 9.59 Å². The van der Waals surface area contributed by atoms with Crippen molar-refractivity contribution in [3.63, 3.8) is 0 Å². The van der Waals surface area contributed by atoms with Crippen LogP contribution in [0.3, 0.4) is 0 Å². The van der Waals surface area contributed by atoms with E-state index in [4.69, 9.17) is 0 Å². The van der Waals surface area contributed by atoms with Gasteiger partial charge in [0.05, 0.1) is 0 Å². The third kappa shape index (κ3) is 4.04. The van der Waals surface area contributed by atoms with Crippen LogP contribution in [0.5, 0.6) is 0 Å². The van der Waals surface area contributed by atoms with Crippen molar-refractivity contribution >= 4 is 22.7 Å². The molecule has 0 aliphatic carbocycles. The Labute approximate surface area is 171 Å². The van der Waals surface area contributed by atoms with Crippen LogP contribution in [-0.2, 0) is 29.0 Å². The number of carbonyl (C=O) groups excluding carboxylic acids is 2. The Hall–Kier alpha value is -3.08. The van der Waals surface area contributed by atoms with Crippen LogP contribution < -0.4 is 5.32 Å². The molecule has 0 bridgehead atoms. The molecule has 3 aromatic rings. The predicted octanol–water partition coefficient (Wildman–Crippen LogP) is 3.44. The van der Waals surface area contributed by atoms with Gasteiger partial charge >= 0.3 is 0 Å². The topological polar surface area (TPSA) is 65.2 Å². The van der Waals surface area contributed by atoms with Gasteiger partial charge in [0, 0.05) is 42.5 Å². The third-order valence-electron chi connectivity index (χ3n) is 5.68. The Balaban J connectivity index is 1.58. The zero-order valence-electron chi connectivity index (χ0n) is 16.9. The van der Waals surface area contributed by atoms with Crippen LogP contribution in [0.25, 0.3) is 10.9 Å². The molecule has 0 radical (unpaired) electrons. The molecule has 2 N–H and O–H groups in total. The summed E-state index contributed by atoms with van der Waals surface area (Å²) in [6, 6.07) is 15.7. The van der Waals surface area contributed by atoms with Gasteiger partial charge in [0.1, 0.15) is 6.04 Å². The van der Waals surface area contributed by atoms with E-state index in [0.29, 0.717) is 19.5 Å². The molecular weight excluding hydrogens is 362 g/mol. The molecule has 2 heterocycles. The number of carbonyl (C=O) groups is 2. The first kappa shape index (κ1) is 19.2. The molecule has 4 rings (SSSR count). The molecule has 0 fully saturated rings. The van der Waals surface area contributed by atoms with E-state index in [1.807, 2.05) is 61.3 Å². The lowest BCUT2D eigenvalue weighted by molar-refractivity contribution is -0.137. The van der Waals surface area contributed by atoms with Crippen LogP contribution in [0.4, 0.5) is 0 Å². The monoisotopic (exact) mass is 389 g/mol. The average Bonchev–Trinajstić information content (AvgIpc) is 3.15. The number of rotatable bonds is 5. The molecule has 29 heavy (non-hydrogen) atoms. The van der Waals surface area contributed by atoms with E-state index in [1.165, 1.54) is 11.1 Å². The van der Waals surface area contributed by atoms with Gasteiger partial charge in [-0.15, -0.1) is 0 Å². The average molecular weight is 389 g/mol. The van der Waals surface area contributed by atoms with Crippen molar-refractivity contribution < 1.29 is 9.59 Å². The number of fused-ring (bicyclic) bond motifs is 2. The molecule has 1 aromatic heterocycles. The molecule has 1 unspecified atom stereocenters. The molecular formula is C24H27N3O2. The summed E-state index contributed by atoms with van der Waals surface area (Å²) in [5, 5.41) is 4.09. The standard InChI is InChI=1S/C24H27N3O2/c1-16(2)23(28)26-22(13-19-14-25-21-10-6-5-9-20(19)21)24(29)27-12-11-17-7-3-4-8-18(17)15-27/h3-10,14,16,22,25H,11-13,15H2,1-2H3,(H,26,28). The molecule has 1 aliphatic rings. The summed E-state index contributed by atoms with van der Waals surface area (Å²) in [7, 11) is 0. The highest BCUT2D eigenvalue weighted by molar-refractivity contribution is 5.90. The van der Waals surface area contributed by atoms with Crippen LogP contribution in [0.2, 0.25) is 0 Å². The largest absolute Gasteiger partial charge is 0.361 e. The van der Waals surface area contributed by atoms with E-state index < -0.39 is 6.04 Å². The van der Waals surface area contributed by atoms with E-state index in [1.54, 1.807) is 0 Å². The molecule has 5 nitrogen and oxygen atoms in total. The van der Waals surface area contributed by atoms with Gasteiger partial charge < -0.3 is 15.2 Å². The molecule has 1 atom stereocenters. The molecule has 0 saturated heterocycles. The highest BCUT2D eigenvalue weighted by Crippen LogP contribution is 2.22. The number of benzene rings is 2. The van der Waals surface area contributed by atoms with Gasteiger partial charge in [-0.25, -0.2) is 0 Å². The Morgan fingerprint density at radius 1 is 1.07 bits per heavy atom. The van der Waals surface area contributed by atoms with Crippen LogP contribution in [0.15, 0.2) is 54.7 Å². The van der Waals surface area contributed by atoms with Crippen molar-refractivity contribution in [2.45, 2.75) is 39.3 Å². The molecule has 2 amide bonds. The maximum absolute atomic E-state index is 13.4. The summed E-state index contributed by atoms with van der Waals surface area (Å²) in [4.78, 5) is 31.0. The minimum absolute atomic E-state index is 0.0150. The maximum atomic E-state index is 13.4. The van der Waals surface area contributed by atoms with Crippen LogP contribution in [0.1, 0.15) is 30.5 Å². The molecule has 2 aromatic carbocycles. The van der Waals surface area contributed by atoms with Crippen LogP contribution in [-0.4, -0.2) is 34.3 Å². The van der Waals surface area contributed by atoms with Crippen molar-refractivity contribution in [2.24, 2.45) is 5.92 Å². The maximum Gasteiger partial charge on any atom is 0.245 e. The SMILES string of the molecule is CC(C)C(=O)NC(Cc1c[nH]c2ccccc12)C(=O)N1CCc2ccccc2C1. The predicted molar refractivity (Wildman–Crippen MR) is 114 cm³/mol. The first-order valence-electron chi connectivity index (χ1n) is 10.2. The highest BCUT2D eigenvalue weighted by atomic mass is 16.2. The fourth-order valence-corrected chi connectivity index (χ4v) is 3.96. The number of aromatic amines is 1. The van der Waals surface area contributed by atoms with E-state index >= 15 is 0 Å². The lowest BCUT2D eigenvalue weighted by Gasteiger charge is -2.32. The van der Waals surface area contributed by atoms with Crippen molar-refractivity contribution in [3.05, 3.63) is 71.4 Å². The second kappa shape index (κ2) is 8.11. The Morgan fingerprint density at radius 2 is 1.79 bits per heavy atom. The number of aromatic nitrogens is 1. The van der Waals surface area contributed by atoms with E-state index in [-0.39, 0.29) is 17.7 Å². The number of para-hydroxylation sites is 1. The second-order valence-corrected chi connectivity index (χ2v) is 8.06. The van der Waals surface area contributed by atoms with Crippen LogP contribution >= 0.6 is 0 Å². The van der Waals surface area contributed by atoms with Gasteiger partial charge in [-0.1, -0.05) is 56.3 Å². The smallest absolute Gasteiger partial charge is 0.245 e. The van der Waals surface area contributed by atoms with Gasteiger partial charge in [0.2, 0.25) is 11.8 Å². The first-order chi connectivity index (χ1) is 14.0. The summed E-state index contributed by atoms with van der Waals surface area (Å²) in [5.74, 6) is -0.283. The van der Waals surface area contributed by atoms with Gasteiger partial charge in [0.25, 0.3) is 0 Å². The number of nitrogens with one attached hydrogen (secondary N) is 2. The number of nitrogens with zero attached hydrogens (tertiary/aromatic N) is 1. The summed E-state index contributed by atoms with van der Waals surface area (Å²) >= 11 is 0. The minimum atomic E-state index is -0.575. The first-order valence-corrected chi connectivity index (χ1v) is 10.2. The summed E-state index contributed by atoms with van der Waals surface area (Å²) in [5.41, 5.74) is 4.57. The van der Waals surface area contributed by atoms with E-state index in [2.05, 4.69) is 22.4 Å². The zero-order valence-corrected chi connectivity index (χ0v) is 16.9. The molecule has 150 valence electrons. The Morgan fingerprint density at radius 3 is 2.59 bits per heavy atom. The number of H-pyrrole nitrogens is 1.